The van der Waals surface area contributed by atoms with Gasteiger partial charge in [0, 0.05) is 0 Å². The molecule has 106 valence electrons. The number of nitrogens with one attached hydrogen (secondary N) is 1. The van der Waals surface area contributed by atoms with Gasteiger partial charge < -0.3 is 5.32 Å². The largest absolute Gasteiger partial charge is 0.309 e. The summed E-state index contributed by atoms with van der Waals surface area (Å²) < 4.78 is 13.3. The summed E-state index contributed by atoms with van der Waals surface area (Å²) >= 11 is 5.87. The third kappa shape index (κ3) is 3.20. The monoisotopic (exact) mass is 291 g/mol. The van der Waals surface area contributed by atoms with Gasteiger partial charge in [-0.2, -0.15) is 0 Å². The van der Waals surface area contributed by atoms with E-state index in [9.17, 15) is 4.39 Å². The molecule has 0 aromatic heterocycles. The molecule has 0 bridgehead atoms. The van der Waals surface area contributed by atoms with Crippen LogP contribution in [0.5, 0.6) is 0 Å². The molecule has 1 atom stereocenters. The lowest BCUT2D eigenvalue weighted by Gasteiger charge is -2.18. The first-order valence-corrected chi connectivity index (χ1v) is 7.12. The molecular formula is C17H19ClFN. The van der Waals surface area contributed by atoms with Gasteiger partial charge in [-0.25, -0.2) is 4.39 Å². The van der Waals surface area contributed by atoms with E-state index < -0.39 is 0 Å². The second-order valence-corrected chi connectivity index (χ2v) is 5.62. The molecule has 1 unspecified atom stereocenters. The lowest BCUT2D eigenvalue weighted by molar-refractivity contribution is 0.624. The Hall–Kier alpha value is -1.38. The normalized spacial score (nSPS) is 12.7. The molecule has 2 rings (SSSR count). The van der Waals surface area contributed by atoms with Gasteiger partial charge in [0.1, 0.15) is 5.82 Å². The van der Waals surface area contributed by atoms with Gasteiger partial charge >= 0.3 is 0 Å². The molecule has 0 saturated heterocycles. The third-order valence-electron chi connectivity index (χ3n) is 3.50. The molecule has 0 heterocycles. The molecule has 20 heavy (non-hydrogen) atoms. The van der Waals surface area contributed by atoms with Crippen molar-refractivity contribution in [3.8, 4) is 0 Å². The van der Waals surface area contributed by atoms with Gasteiger partial charge in [-0.15, -0.1) is 0 Å². The fraction of sp³-hybridized carbons (Fsp3) is 0.294. The van der Waals surface area contributed by atoms with Crippen LogP contribution >= 0.6 is 11.6 Å². The minimum absolute atomic E-state index is 0.00862. The lowest BCUT2D eigenvalue weighted by Crippen LogP contribution is -2.17. The molecule has 1 nitrogen and oxygen atoms in total. The summed E-state index contributed by atoms with van der Waals surface area (Å²) in [7, 11) is 1.89. The highest BCUT2D eigenvalue weighted by Crippen LogP contribution is 2.27. The zero-order valence-corrected chi connectivity index (χ0v) is 12.7. The van der Waals surface area contributed by atoms with Gasteiger partial charge in [-0.1, -0.05) is 55.8 Å². The first kappa shape index (κ1) is 15.0. The molecule has 0 aliphatic heterocycles. The van der Waals surface area contributed by atoms with E-state index in [1.807, 2.05) is 7.05 Å². The Bertz CT molecular complexity index is 578. The van der Waals surface area contributed by atoms with Crippen molar-refractivity contribution in [2.24, 2.45) is 0 Å². The van der Waals surface area contributed by atoms with Crippen molar-refractivity contribution in [3.63, 3.8) is 0 Å². The smallest absolute Gasteiger partial charge is 0.141 e. The van der Waals surface area contributed by atoms with E-state index in [0.29, 0.717) is 5.92 Å². The molecule has 0 spiro atoms. The minimum atomic E-state index is -0.388. The van der Waals surface area contributed by atoms with Crippen LogP contribution in [-0.4, -0.2) is 7.05 Å². The van der Waals surface area contributed by atoms with Gasteiger partial charge in [0.2, 0.25) is 0 Å². The number of halogens is 2. The first-order chi connectivity index (χ1) is 9.52. The third-order valence-corrected chi connectivity index (χ3v) is 3.79. The summed E-state index contributed by atoms with van der Waals surface area (Å²) in [6.07, 6.45) is 0. The van der Waals surface area contributed by atoms with E-state index in [0.717, 1.165) is 11.1 Å². The van der Waals surface area contributed by atoms with Crippen LogP contribution < -0.4 is 5.32 Å². The van der Waals surface area contributed by atoms with Crippen LogP contribution in [0, 0.1) is 5.82 Å². The quantitative estimate of drug-likeness (QED) is 0.844. The fourth-order valence-corrected chi connectivity index (χ4v) is 2.48. The van der Waals surface area contributed by atoms with E-state index in [4.69, 9.17) is 11.6 Å². The van der Waals surface area contributed by atoms with E-state index in [2.05, 4.69) is 43.4 Å². The van der Waals surface area contributed by atoms with Gasteiger partial charge in [0.15, 0.2) is 0 Å². The summed E-state index contributed by atoms with van der Waals surface area (Å²) in [4.78, 5) is 0. The first-order valence-electron chi connectivity index (χ1n) is 6.75. The Kier molecular flexibility index (Phi) is 4.79. The van der Waals surface area contributed by atoms with Crippen LogP contribution in [0.25, 0.3) is 0 Å². The van der Waals surface area contributed by atoms with Crippen LogP contribution in [0.15, 0.2) is 42.5 Å². The molecule has 0 aliphatic rings. The number of hydrogen-bond donors (Lipinski definition) is 1. The fourth-order valence-electron chi connectivity index (χ4n) is 2.29. The van der Waals surface area contributed by atoms with Crippen LogP contribution in [-0.2, 0) is 0 Å². The van der Waals surface area contributed by atoms with Crippen molar-refractivity contribution < 1.29 is 4.39 Å². The van der Waals surface area contributed by atoms with Crippen LogP contribution in [0.4, 0.5) is 4.39 Å². The second-order valence-electron chi connectivity index (χ2n) is 5.22. The number of benzene rings is 2. The average Bonchev–Trinajstić information content (AvgIpc) is 2.44. The summed E-state index contributed by atoms with van der Waals surface area (Å²) in [6, 6.07) is 13.3. The van der Waals surface area contributed by atoms with Gasteiger partial charge in [0.05, 0.1) is 11.1 Å². The number of hydrogen-bond acceptors (Lipinski definition) is 1. The topological polar surface area (TPSA) is 12.0 Å². The van der Waals surface area contributed by atoms with Crippen LogP contribution in [0.3, 0.4) is 0 Å². The molecule has 0 radical (unpaired) electrons. The second kappa shape index (κ2) is 6.38. The molecule has 0 fully saturated rings. The summed E-state index contributed by atoms with van der Waals surface area (Å²) in [6.45, 7) is 4.34. The maximum Gasteiger partial charge on any atom is 0.141 e. The maximum atomic E-state index is 13.3. The van der Waals surface area contributed by atoms with Gasteiger partial charge in [0.25, 0.3) is 0 Å². The summed E-state index contributed by atoms with van der Waals surface area (Å²) in [5.41, 5.74) is 3.40. The van der Waals surface area contributed by atoms with Gasteiger partial charge in [-0.05, 0) is 41.8 Å². The summed E-state index contributed by atoms with van der Waals surface area (Å²) in [5, 5.41) is 3.40. The number of rotatable bonds is 4. The maximum absolute atomic E-state index is 13.3. The molecular weight excluding hydrogens is 273 g/mol. The highest BCUT2D eigenvalue weighted by Gasteiger charge is 2.14. The van der Waals surface area contributed by atoms with E-state index in [1.165, 1.54) is 11.6 Å². The zero-order chi connectivity index (χ0) is 14.7. The molecule has 2 aromatic rings. The van der Waals surface area contributed by atoms with Gasteiger partial charge in [-0.3, -0.25) is 0 Å². The van der Waals surface area contributed by atoms with E-state index in [1.54, 1.807) is 12.1 Å². The van der Waals surface area contributed by atoms with E-state index in [-0.39, 0.29) is 16.9 Å². The van der Waals surface area contributed by atoms with E-state index >= 15 is 0 Å². The Morgan fingerprint density at radius 2 is 1.50 bits per heavy atom. The SMILES string of the molecule is CNC(c1ccc(C(C)C)cc1)c1ccc(F)c(Cl)c1. The van der Waals surface area contributed by atoms with Crippen molar-refractivity contribution in [1.29, 1.82) is 0 Å². The van der Waals surface area contributed by atoms with Crippen molar-refractivity contribution in [3.05, 3.63) is 70.0 Å². The highest BCUT2D eigenvalue weighted by atomic mass is 35.5. The standard InChI is InChI=1S/C17H19ClFN/c1-11(2)12-4-6-13(7-5-12)17(20-3)14-8-9-16(19)15(18)10-14/h4-11,17,20H,1-3H3. The minimum Gasteiger partial charge on any atom is -0.309 e. The molecule has 0 amide bonds. The molecule has 0 aliphatic carbocycles. The zero-order valence-electron chi connectivity index (χ0n) is 12.0. The van der Waals surface area contributed by atoms with Crippen molar-refractivity contribution >= 4 is 11.6 Å². The Balaban J connectivity index is 2.33. The Labute approximate surface area is 124 Å². The van der Waals surface area contributed by atoms with Crippen LogP contribution in [0.2, 0.25) is 5.02 Å². The Morgan fingerprint density at radius 1 is 0.950 bits per heavy atom. The predicted octanol–water partition coefficient (Wildman–Crippen LogP) is 4.91. The van der Waals surface area contributed by atoms with Crippen molar-refractivity contribution in [1.82, 2.24) is 5.32 Å². The van der Waals surface area contributed by atoms with Crippen molar-refractivity contribution in [2.75, 3.05) is 7.05 Å². The molecule has 2 aromatic carbocycles. The predicted molar refractivity (Wildman–Crippen MR) is 82.8 cm³/mol. The highest BCUT2D eigenvalue weighted by molar-refractivity contribution is 6.30. The lowest BCUT2D eigenvalue weighted by atomic mass is 9.95. The molecule has 0 saturated carbocycles. The average molecular weight is 292 g/mol. The molecule has 3 heteroatoms. The molecule has 1 N–H and O–H groups in total. The summed E-state index contributed by atoms with van der Waals surface area (Å²) in [5.74, 6) is 0.123. The Morgan fingerprint density at radius 3 is 2.00 bits per heavy atom. The van der Waals surface area contributed by atoms with Crippen LogP contribution in [0.1, 0.15) is 42.5 Å². The van der Waals surface area contributed by atoms with Crippen molar-refractivity contribution in [2.45, 2.75) is 25.8 Å².